The van der Waals surface area contributed by atoms with Crippen LogP contribution in [0.2, 0.25) is 0 Å². The topological polar surface area (TPSA) is 77.2 Å². The van der Waals surface area contributed by atoms with Gasteiger partial charge in [-0.15, -0.1) is 0 Å². The second kappa shape index (κ2) is 7.23. The van der Waals surface area contributed by atoms with Crippen LogP contribution in [0.3, 0.4) is 0 Å². The highest BCUT2D eigenvalue weighted by atomic mass is 16.3. The second-order valence-electron chi connectivity index (χ2n) is 6.98. The quantitative estimate of drug-likeness (QED) is 0.853. The van der Waals surface area contributed by atoms with Crippen LogP contribution in [0.5, 0.6) is 0 Å². The van der Waals surface area contributed by atoms with E-state index >= 15 is 0 Å². The van der Waals surface area contributed by atoms with Gasteiger partial charge < -0.3 is 10.0 Å². The highest BCUT2D eigenvalue weighted by molar-refractivity contribution is 5.83. The van der Waals surface area contributed by atoms with Crippen molar-refractivity contribution in [1.82, 2.24) is 9.88 Å². The SMILES string of the molecule is N#C[C@@H]1[C@@H](c2ccc(C#Cc3cccnc3)cc2)[C@@H](CO)N1C(=O)C1CC1. The van der Waals surface area contributed by atoms with Gasteiger partial charge in [0.1, 0.15) is 6.04 Å². The number of nitrogens with zero attached hydrogens (tertiary/aromatic N) is 3. The fraction of sp³-hybridized carbons (Fsp3) is 0.318. The third-order valence-electron chi connectivity index (χ3n) is 5.22. The predicted octanol–water partition coefficient (Wildman–Crippen LogP) is 2.07. The zero-order valence-electron chi connectivity index (χ0n) is 14.7. The Balaban J connectivity index is 1.52. The molecule has 1 aromatic carbocycles. The van der Waals surface area contributed by atoms with Gasteiger partial charge in [0.25, 0.3) is 0 Å². The van der Waals surface area contributed by atoms with E-state index in [1.165, 1.54) is 0 Å². The van der Waals surface area contributed by atoms with Gasteiger partial charge in [0.05, 0.1) is 18.7 Å². The van der Waals surface area contributed by atoms with E-state index in [1.807, 2.05) is 36.4 Å². The number of likely N-dealkylation sites (tertiary alicyclic amines) is 1. The Bertz CT molecular complexity index is 934. The normalized spacial score (nSPS) is 23.6. The van der Waals surface area contributed by atoms with Crippen LogP contribution in [0.1, 0.15) is 35.4 Å². The Kier molecular flexibility index (Phi) is 4.62. The van der Waals surface area contributed by atoms with Crippen LogP contribution < -0.4 is 0 Å². The molecule has 5 heteroatoms. The summed E-state index contributed by atoms with van der Waals surface area (Å²) in [5, 5.41) is 19.3. The Hall–Kier alpha value is -3.15. The molecule has 0 bridgehead atoms. The van der Waals surface area contributed by atoms with Crippen LogP contribution >= 0.6 is 0 Å². The van der Waals surface area contributed by atoms with Crippen molar-refractivity contribution >= 4 is 5.91 Å². The molecule has 2 fully saturated rings. The number of pyridine rings is 1. The van der Waals surface area contributed by atoms with Crippen molar-refractivity contribution in [1.29, 1.82) is 5.26 Å². The first-order valence-corrected chi connectivity index (χ1v) is 9.07. The van der Waals surface area contributed by atoms with Gasteiger partial charge in [-0.2, -0.15) is 5.26 Å². The zero-order valence-corrected chi connectivity index (χ0v) is 14.7. The molecule has 1 amide bonds. The molecule has 1 aliphatic carbocycles. The van der Waals surface area contributed by atoms with Gasteiger partial charge in [0.2, 0.25) is 5.91 Å². The molecule has 27 heavy (non-hydrogen) atoms. The molecule has 4 rings (SSSR count). The lowest BCUT2D eigenvalue weighted by Crippen LogP contribution is -2.65. The third-order valence-corrected chi connectivity index (χ3v) is 5.22. The first-order chi connectivity index (χ1) is 13.2. The minimum atomic E-state index is -0.512. The van der Waals surface area contributed by atoms with E-state index in [0.29, 0.717) is 0 Å². The first-order valence-electron chi connectivity index (χ1n) is 9.07. The maximum Gasteiger partial charge on any atom is 0.227 e. The summed E-state index contributed by atoms with van der Waals surface area (Å²) in [6.07, 6.45) is 5.20. The van der Waals surface area contributed by atoms with Crippen molar-refractivity contribution in [3.05, 3.63) is 65.5 Å². The number of carbonyl (C=O) groups excluding carboxylic acids is 1. The van der Waals surface area contributed by atoms with E-state index < -0.39 is 6.04 Å². The smallest absolute Gasteiger partial charge is 0.227 e. The predicted molar refractivity (Wildman–Crippen MR) is 99.2 cm³/mol. The molecule has 0 radical (unpaired) electrons. The third kappa shape index (κ3) is 3.30. The molecule has 1 saturated heterocycles. The Morgan fingerprint density at radius 1 is 1.19 bits per heavy atom. The van der Waals surface area contributed by atoms with E-state index in [4.69, 9.17) is 0 Å². The summed E-state index contributed by atoms with van der Waals surface area (Å²) in [4.78, 5) is 18.0. The lowest BCUT2D eigenvalue weighted by Gasteiger charge is -2.51. The number of nitriles is 1. The molecule has 0 spiro atoms. The van der Waals surface area contributed by atoms with E-state index in [2.05, 4.69) is 22.9 Å². The average molecular weight is 357 g/mol. The molecular formula is C22H19N3O2. The second-order valence-corrected chi connectivity index (χ2v) is 6.98. The number of carbonyl (C=O) groups is 1. The molecule has 5 nitrogen and oxygen atoms in total. The summed E-state index contributed by atoms with van der Waals surface area (Å²) in [5.41, 5.74) is 2.66. The molecular weight excluding hydrogens is 338 g/mol. The van der Waals surface area contributed by atoms with Crippen LogP contribution in [-0.2, 0) is 4.79 Å². The molecule has 2 aromatic rings. The lowest BCUT2D eigenvalue weighted by molar-refractivity contribution is -0.148. The van der Waals surface area contributed by atoms with Crippen molar-refractivity contribution in [2.45, 2.75) is 30.8 Å². The fourth-order valence-electron chi connectivity index (χ4n) is 3.62. The molecule has 134 valence electrons. The molecule has 1 saturated carbocycles. The largest absolute Gasteiger partial charge is 0.394 e. The number of aliphatic hydroxyl groups is 1. The van der Waals surface area contributed by atoms with Gasteiger partial charge in [-0.25, -0.2) is 0 Å². The number of benzene rings is 1. The standard InChI is InChI=1S/C22H19N3O2/c23-12-19-21(20(14-26)25(19)22(27)18-9-10-18)17-7-5-15(6-8-17)3-4-16-2-1-11-24-13-16/h1-2,5-8,11,13,18-21,26H,9-10,14H2/t19-,20-,21-/m1/s1. The molecule has 1 aromatic heterocycles. The molecule has 2 aliphatic rings. The Labute approximate surface area is 158 Å². The number of hydrogen-bond donors (Lipinski definition) is 1. The van der Waals surface area contributed by atoms with E-state index in [1.54, 1.807) is 17.3 Å². The molecule has 2 heterocycles. The minimum Gasteiger partial charge on any atom is -0.394 e. The van der Waals surface area contributed by atoms with Crippen molar-refractivity contribution in [3.8, 4) is 17.9 Å². The van der Waals surface area contributed by atoms with Crippen LogP contribution in [-0.4, -0.2) is 39.6 Å². The fourth-order valence-corrected chi connectivity index (χ4v) is 3.62. The number of hydrogen-bond acceptors (Lipinski definition) is 4. The Morgan fingerprint density at radius 2 is 1.93 bits per heavy atom. The lowest BCUT2D eigenvalue weighted by atomic mass is 9.75. The van der Waals surface area contributed by atoms with Crippen LogP contribution in [0, 0.1) is 29.1 Å². The summed E-state index contributed by atoms with van der Waals surface area (Å²) < 4.78 is 0. The highest BCUT2D eigenvalue weighted by Gasteiger charge is 2.53. The van der Waals surface area contributed by atoms with E-state index in [9.17, 15) is 15.2 Å². The maximum absolute atomic E-state index is 12.4. The highest BCUT2D eigenvalue weighted by Crippen LogP contribution is 2.44. The van der Waals surface area contributed by atoms with Gasteiger partial charge in [-0.3, -0.25) is 9.78 Å². The first kappa shape index (κ1) is 17.3. The van der Waals surface area contributed by atoms with E-state index in [0.717, 1.165) is 29.5 Å². The number of rotatable bonds is 3. The van der Waals surface area contributed by atoms with Crippen molar-refractivity contribution in [2.75, 3.05) is 6.61 Å². The van der Waals surface area contributed by atoms with Crippen molar-refractivity contribution in [3.63, 3.8) is 0 Å². The van der Waals surface area contributed by atoms with Crippen LogP contribution in [0.4, 0.5) is 0 Å². The van der Waals surface area contributed by atoms with Crippen molar-refractivity contribution in [2.24, 2.45) is 5.92 Å². The van der Waals surface area contributed by atoms with Crippen LogP contribution in [0.15, 0.2) is 48.8 Å². The Morgan fingerprint density at radius 3 is 2.52 bits per heavy atom. The molecule has 0 unspecified atom stereocenters. The van der Waals surface area contributed by atoms with Gasteiger partial charge in [0.15, 0.2) is 0 Å². The summed E-state index contributed by atoms with van der Waals surface area (Å²) in [6.45, 7) is -0.135. The summed E-state index contributed by atoms with van der Waals surface area (Å²) in [5.74, 6) is 6.04. The number of aliphatic hydroxyl groups excluding tert-OH is 1. The summed E-state index contributed by atoms with van der Waals surface area (Å²) >= 11 is 0. The van der Waals surface area contributed by atoms with Gasteiger partial charge in [0, 0.05) is 35.4 Å². The number of aromatic nitrogens is 1. The molecule has 3 atom stereocenters. The molecule has 1 N–H and O–H groups in total. The van der Waals surface area contributed by atoms with Gasteiger partial charge in [-0.1, -0.05) is 24.0 Å². The minimum absolute atomic E-state index is 0.0100. The van der Waals surface area contributed by atoms with Gasteiger partial charge in [-0.05, 0) is 42.7 Å². The zero-order chi connectivity index (χ0) is 18.8. The summed E-state index contributed by atoms with van der Waals surface area (Å²) in [6, 6.07) is 12.8. The molecule has 1 aliphatic heterocycles. The monoisotopic (exact) mass is 357 g/mol. The summed E-state index contributed by atoms with van der Waals surface area (Å²) in [7, 11) is 0. The van der Waals surface area contributed by atoms with Crippen LogP contribution in [0.25, 0.3) is 0 Å². The maximum atomic E-state index is 12.4. The van der Waals surface area contributed by atoms with E-state index in [-0.39, 0.29) is 30.4 Å². The number of amides is 1. The van der Waals surface area contributed by atoms with Gasteiger partial charge >= 0.3 is 0 Å². The van der Waals surface area contributed by atoms with Crippen molar-refractivity contribution < 1.29 is 9.90 Å². The average Bonchev–Trinajstić information content (AvgIpc) is 3.53.